The quantitative estimate of drug-likeness (QED) is 0.741. The van der Waals surface area contributed by atoms with Crippen LogP contribution in [0.5, 0.6) is 5.75 Å². The number of nitrogens with zero attached hydrogens (tertiary/aromatic N) is 1. The number of quaternary nitrogens is 1. The minimum Gasteiger partial charge on any atom is -0.506 e. The number of carbonyl (C=O) groups excluding carboxylic acids is 1. The van der Waals surface area contributed by atoms with Crippen LogP contribution in [0.1, 0.15) is 0 Å². The minimum atomic E-state index is 0.0309. The summed E-state index contributed by atoms with van der Waals surface area (Å²) in [5.41, 5.74) is 1.69. The highest BCUT2D eigenvalue weighted by atomic mass is 79.9. The van der Waals surface area contributed by atoms with E-state index in [9.17, 15) is 9.90 Å². The molecule has 5 nitrogen and oxygen atoms in total. The summed E-state index contributed by atoms with van der Waals surface area (Å²) < 4.78 is 0.992. The normalized spacial score (nSPS) is 15.3. The molecule has 1 fully saturated rings. The molecule has 0 atom stereocenters. The third-order valence-electron chi connectivity index (χ3n) is 4.23. The Morgan fingerprint density at radius 3 is 2.46 bits per heavy atom. The zero-order chi connectivity index (χ0) is 16.9. The van der Waals surface area contributed by atoms with Gasteiger partial charge >= 0.3 is 0 Å². The van der Waals surface area contributed by atoms with Crippen molar-refractivity contribution in [3.05, 3.63) is 53.0 Å². The first-order valence-corrected chi connectivity index (χ1v) is 8.83. The summed E-state index contributed by atoms with van der Waals surface area (Å²) in [5, 5.41) is 12.9. The number of aromatic hydroxyl groups is 1. The molecular weight excluding hydrogens is 370 g/mol. The topological polar surface area (TPSA) is 57.0 Å². The van der Waals surface area contributed by atoms with E-state index in [1.165, 1.54) is 4.90 Å². The average molecular weight is 391 g/mol. The van der Waals surface area contributed by atoms with E-state index in [4.69, 9.17) is 0 Å². The number of benzene rings is 2. The first-order chi connectivity index (χ1) is 11.6. The fourth-order valence-electron chi connectivity index (χ4n) is 2.94. The van der Waals surface area contributed by atoms with Gasteiger partial charge in [0, 0.05) is 10.2 Å². The van der Waals surface area contributed by atoms with Crippen molar-refractivity contribution in [3.63, 3.8) is 0 Å². The zero-order valence-electron chi connectivity index (χ0n) is 13.3. The Labute approximate surface area is 150 Å². The van der Waals surface area contributed by atoms with Crippen LogP contribution < -0.4 is 15.1 Å². The smallest absolute Gasteiger partial charge is 0.279 e. The molecule has 0 unspecified atom stereocenters. The summed E-state index contributed by atoms with van der Waals surface area (Å²) in [6.07, 6.45) is 0. The third kappa shape index (κ3) is 4.27. The van der Waals surface area contributed by atoms with Gasteiger partial charge in [0.1, 0.15) is 5.75 Å². The molecule has 2 aromatic rings. The maximum absolute atomic E-state index is 12.2. The molecule has 1 aliphatic rings. The summed E-state index contributed by atoms with van der Waals surface area (Å²) >= 11 is 3.38. The van der Waals surface area contributed by atoms with Gasteiger partial charge in [0.15, 0.2) is 6.54 Å². The number of halogens is 1. The molecule has 1 heterocycles. The number of hydrogen-bond acceptors (Lipinski definition) is 3. The number of phenolic OH excluding ortho intramolecular Hbond substituents is 1. The third-order valence-corrected chi connectivity index (χ3v) is 4.76. The molecule has 0 saturated carbocycles. The molecule has 3 N–H and O–H groups in total. The Kier molecular flexibility index (Phi) is 5.37. The van der Waals surface area contributed by atoms with Gasteiger partial charge in [0.25, 0.3) is 5.91 Å². The predicted octanol–water partition coefficient (Wildman–Crippen LogP) is 1.50. The molecule has 1 amide bonds. The van der Waals surface area contributed by atoms with Gasteiger partial charge in [-0.15, -0.1) is 0 Å². The number of nitrogens with one attached hydrogen (secondary N) is 2. The second kappa shape index (κ2) is 7.68. The molecule has 0 bridgehead atoms. The van der Waals surface area contributed by atoms with Crippen LogP contribution in [-0.4, -0.2) is 43.7 Å². The molecule has 1 aliphatic heterocycles. The Balaban J connectivity index is 1.49. The average Bonchev–Trinajstić information content (AvgIpc) is 2.58. The summed E-state index contributed by atoms with van der Waals surface area (Å²) in [6, 6.07) is 15.0. The van der Waals surface area contributed by atoms with Gasteiger partial charge in [-0.25, -0.2) is 0 Å². The number of anilines is 2. The summed E-state index contributed by atoms with van der Waals surface area (Å²) in [6.45, 7) is 3.88. The van der Waals surface area contributed by atoms with Gasteiger partial charge in [0.2, 0.25) is 0 Å². The van der Waals surface area contributed by atoms with Gasteiger partial charge < -0.3 is 20.2 Å². The monoisotopic (exact) mass is 390 g/mol. The van der Waals surface area contributed by atoms with Crippen molar-refractivity contribution >= 4 is 33.2 Å². The summed E-state index contributed by atoms with van der Waals surface area (Å²) in [5.74, 6) is 0.345. The lowest BCUT2D eigenvalue weighted by Gasteiger charge is -2.33. The molecule has 6 heteroatoms. The standard InChI is InChI=1S/C18H20BrN3O2/c19-14-5-7-15(8-6-14)20-18(24)13-21-9-11-22(12-10-21)16-3-1-2-4-17(16)23/h1-8,23H,9-13H2,(H,20,24)/p+1. The van der Waals surface area contributed by atoms with Crippen molar-refractivity contribution < 1.29 is 14.8 Å². The van der Waals surface area contributed by atoms with Crippen LogP contribution in [0.3, 0.4) is 0 Å². The van der Waals surface area contributed by atoms with Crippen LogP contribution in [0.25, 0.3) is 0 Å². The van der Waals surface area contributed by atoms with E-state index in [2.05, 4.69) is 26.1 Å². The van der Waals surface area contributed by atoms with Gasteiger partial charge in [-0.2, -0.15) is 0 Å². The lowest BCUT2D eigenvalue weighted by Crippen LogP contribution is -3.15. The summed E-state index contributed by atoms with van der Waals surface area (Å²) in [7, 11) is 0. The van der Waals surface area contributed by atoms with E-state index in [1.807, 2.05) is 42.5 Å². The van der Waals surface area contributed by atoms with Gasteiger partial charge in [-0.1, -0.05) is 28.1 Å². The Bertz CT molecular complexity index is 698. The molecule has 2 aromatic carbocycles. The number of piperazine rings is 1. The van der Waals surface area contributed by atoms with Crippen molar-refractivity contribution in [1.82, 2.24) is 0 Å². The summed E-state index contributed by atoms with van der Waals surface area (Å²) in [4.78, 5) is 15.6. The second-order valence-corrected chi connectivity index (χ2v) is 6.87. The number of rotatable bonds is 4. The van der Waals surface area contributed by atoms with Gasteiger partial charge in [-0.3, -0.25) is 4.79 Å². The number of phenols is 1. The maximum atomic E-state index is 12.2. The van der Waals surface area contributed by atoms with Crippen molar-refractivity contribution in [2.75, 3.05) is 42.9 Å². The van der Waals surface area contributed by atoms with Gasteiger partial charge in [-0.05, 0) is 36.4 Å². The fourth-order valence-corrected chi connectivity index (χ4v) is 3.20. The lowest BCUT2D eigenvalue weighted by molar-refractivity contribution is -0.892. The first-order valence-electron chi connectivity index (χ1n) is 8.04. The van der Waals surface area contributed by atoms with E-state index in [1.54, 1.807) is 6.07 Å². The molecule has 3 rings (SSSR count). The molecule has 24 heavy (non-hydrogen) atoms. The highest BCUT2D eigenvalue weighted by Gasteiger charge is 2.23. The molecule has 0 spiro atoms. The first kappa shape index (κ1) is 16.8. The van der Waals surface area contributed by atoms with Crippen LogP contribution in [0.2, 0.25) is 0 Å². The molecule has 1 saturated heterocycles. The van der Waals surface area contributed by atoms with Crippen molar-refractivity contribution in [2.24, 2.45) is 0 Å². The largest absolute Gasteiger partial charge is 0.506 e. The van der Waals surface area contributed by atoms with Crippen molar-refractivity contribution in [3.8, 4) is 5.75 Å². The molecule has 0 radical (unpaired) electrons. The second-order valence-electron chi connectivity index (χ2n) is 5.96. The maximum Gasteiger partial charge on any atom is 0.279 e. The number of hydrogen-bond donors (Lipinski definition) is 3. The van der Waals surface area contributed by atoms with E-state index < -0.39 is 0 Å². The molecular formula is C18H21BrN3O2+. The van der Waals surface area contributed by atoms with Crippen LogP contribution in [0.4, 0.5) is 11.4 Å². The van der Waals surface area contributed by atoms with E-state index in [0.29, 0.717) is 12.3 Å². The molecule has 126 valence electrons. The number of amides is 1. The highest BCUT2D eigenvalue weighted by Crippen LogP contribution is 2.25. The van der Waals surface area contributed by atoms with Crippen molar-refractivity contribution in [1.29, 1.82) is 0 Å². The van der Waals surface area contributed by atoms with E-state index in [-0.39, 0.29) is 5.91 Å². The Morgan fingerprint density at radius 2 is 1.79 bits per heavy atom. The molecule has 0 aliphatic carbocycles. The zero-order valence-corrected chi connectivity index (χ0v) is 14.9. The fraction of sp³-hybridized carbons (Fsp3) is 0.278. The van der Waals surface area contributed by atoms with E-state index >= 15 is 0 Å². The number of para-hydroxylation sites is 2. The Morgan fingerprint density at radius 1 is 1.12 bits per heavy atom. The van der Waals surface area contributed by atoms with Crippen LogP contribution in [0, 0.1) is 0 Å². The van der Waals surface area contributed by atoms with Crippen LogP contribution in [0.15, 0.2) is 53.0 Å². The van der Waals surface area contributed by atoms with Crippen LogP contribution in [-0.2, 0) is 4.79 Å². The number of carbonyl (C=O) groups is 1. The Hall–Kier alpha value is -2.05. The van der Waals surface area contributed by atoms with E-state index in [0.717, 1.165) is 42.0 Å². The SMILES string of the molecule is O=C(C[NH+]1CCN(c2ccccc2O)CC1)Nc1ccc(Br)cc1. The minimum absolute atomic E-state index is 0.0309. The predicted molar refractivity (Wildman–Crippen MR) is 98.7 cm³/mol. The molecule has 0 aromatic heterocycles. The highest BCUT2D eigenvalue weighted by molar-refractivity contribution is 9.10. The van der Waals surface area contributed by atoms with Crippen molar-refractivity contribution in [2.45, 2.75) is 0 Å². The van der Waals surface area contributed by atoms with Gasteiger partial charge in [0.05, 0.1) is 31.9 Å². The lowest BCUT2D eigenvalue weighted by atomic mass is 10.2. The van der Waals surface area contributed by atoms with Crippen LogP contribution >= 0.6 is 15.9 Å².